The summed E-state index contributed by atoms with van der Waals surface area (Å²) < 4.78 is 5.26. The molecular weight excluding hydrogens is 224 g/mol. The van der Waals surface area contributed by atoms with Gasteiger partial charge in [0, 0.05) is 25.3 Å². The molecule has 3 nitrogen and oxygen atoms in total. The van der Waals surface area contributed by atoms with Gasteiger partial charge in [0.25, 0.3) is 0 Å². The molecule has 3 heteroatoms. The van der Waals surface area contributed by atoms with Crippen LogP contribution < -0.4 is 15.4 Å². The molecule has 2 rings (SSSR count). The molecule has 1 saturated carbocycles. The second-order valence-corrected chi connectivity index (χ2v) is 5.43. The van der Waals surface area contributed by atoms with E-state index in [4.69, 9.17) is 10.5 Å². The van der Waals surface area contributed by atoms with Crippen LogP contribution in [-0.4, -0.2) is 27.2 Å². The van der Waals surface area contributed by atoms with Crippen molar-refractivity contribution in [1.29, 1.82) is 0 Å². The summed E-state index contributed by atoms with van der Waals surface area (Å²) in [5, 5.41) is 0. The summed E-state index contributed by atoms with van der Waals surface area (Å²) in [5.74, 6) is 0.913. The Morgan fingerprint density at radius 2 is 2.17 bits per heavy atom. The van der Waals surface area contributed by atoms with Crippen LogP contribution in [0.2, 0.25) is 0 Å². The Labute approximate surface area is 110 Å². The quantitative estimate of drug-likeness (QED) is 0.841. The zero-order valence-corrected chi connectivity index (χ0v) is 11.5. The molecule has 18 heavy (non-hydrogen) atoms. The standard InChI is InChI=1S/C15H24N2O/c1-17(10-9-15(12-16)7-4-8-15)13-5-3-6-14(11-13)18-2/h3,5-6,11H,4,7-10,12,16H2,1-2H3. The van der Waals surface area contributed by atoms with Gasteiger partial charge in [-0.1, -0.05) is 12.5 Å². The number of hydrogen-bond acceptors (Lipinski definition) is 3. The van der Waals surface area contributed by atoms with Gasteiger partial charge in [0.15, 0.2) is 0 Å². The first-order valence-corrected chi connectivity index (χ1v) is 6.74. The van der Waals surface area contributed by atoms with Crippen LogP contribution in [-0.2, 0) is 0 Å². The maximum absolute atomic E-state index is 5.90. The lowest BCUT2D eigenvalue weighted by Crippen LogP contribution is -2.40. The molecule has 0 aromatic heterocycles. The van der Waals surface area contributed by atoms with Crippen molar-refractivity contribution in [3.05, 3.63) is 24.3 Å². The Morgan fingerprint density at radius 3 is 2.72 bits per heavy atom. The van der Waals surface area contributed by atoms with Gasteiger partial charge in [-0.05, 0) is 43.4 Å². The van der Waals surface area contributed by atoms with Gasteiger partial charge in [0.1, 0.15) is 5.75 Å². The molecule has 2 N–H and O–H groups in total. The minimum absolute atomic E-state index is 0.424. The van der Waals surface area contributed by atoms with E-state index in [1.165, 1.54) is 31.4 Å². The van der Waals surface area contributed by atoms with Gasteiger partial charge < -0.3 is 15.4 Å². The van der Waals surface area contributed by atoms with Crippen molar-refractivity contribution in [2.75, 3.05) is 32.1 Å². The second-order valence-electron chi connectivity index (χ2n) is 5.43. The van der Waals surface area contributed by atoms with Crippen molar-refractivity contribution in [2.24, 2.45) is 11.1 Å². The van der Waals surface area contributed by atoms with Crippen LogP contribution in [0, 0.1) is 5.41 Å². The van der Waals surface area contributed by atoms with Gasteiger partial charge in [-0.3, -0.25) is 0 Å². The minimum atomic E-state index is 0.424. The predicted molar refractivity (Wildman–Crippen MR) is 76.2 cm³/mol. The van der Waals surface area contributed by atoms with Crippen molar-refractivity contribution in [2.45, 2.75) is 25.7 Å². The van der Waals surface area contributed by atoms with E-state index in [0.717, 1.165) is 18.8 Å². The first kappa shape index (κ1) is 13.2. The third kappa shape index (κ3) is 2.78. The van der Waals surface area contributed by atoms with E-state index in [-0.39, 0.29) is 0 Å². The number of anilines is 1. The van der Waals surface area contributed by atoms with E-state index >= 15 is 0 Å². The molecule has 1 aliphatic carbocycles. The Morgan fingerprint density at radius 1 is 1.39 bits per heavy atom. The van der Waals surface area contributed by atoms with Crippen molar-refractivity contribution >= 4 is 5.69 Å². The van der Waals surface area contributed by atoms with Crippen LogP contribution in [0.25, 0.3) is 0 Å². The third-order valence-corrected chi connectivity index (χ3v) is 4.32. The molecular formula is C15H24N2O. The molecule has 1 fully saturated rings. The van der Waals surface area contributed by atoms with Crippen LogP contribution in [0.3, 0.4) is 0 Å². The van der Waals surface area contributed by atoms with Gasteiger partial charge in [-0.2, -0.15) is 0 Å². The zero-order valence-electron chi connectivity index (χ0n) is 11.5. The Bertz CT molecular complexity index is 382. The molecule has 0 bridgehead atoms. The van der Waals surface area contributed by atoms with Crippen LogP contribution in [0.1, 0.15) is 25.7 Å². The molecule has 0 spiro atoms. The van der Waals surface area contributed by atoms with Crippen molar-refractivity contribution in [3.8, 4) is 5.75 Å². The van der Waals surface area contributed by atoms with E-state index in [1.54, 1.807) is 7.11 Å². The predicted octanol–water partition coefficient (Wildman–Crippen LogP) is 2.65. The van der Waals surface area contributed by atoms with E-state index in [2.05, 4.69) is 24.1 Å². The number of benzene rings is 1. The summed E-state index contributed by atoms with van der Waals surface area (Å²) in [6.07, 6.45) is 5.14. The molecule has 0 unspecified atom stereocenters. The lowest BCUT2D eigenvalue weighted by molar-refractivity contribution is 0.134. The smallest absolute Gasteiger partial charge is 0.120 e. The SMILES string of the molecule is COc1cccc(N(C)CCC2(CN)CCC2)c1. The first-order chi connectivity index (χ1) is 8.69. The summed E-state index contributed by atoms with van der Waals surface area (Å²) in [4.78, 5) is 2.29. The van der Waals surface area contributed by atoms with E-state index in [1.807, 2.05) is 12.1 Å². The maximum atomic E-state index is 5.90. The molecule has 0 saturated heterocycles. The number of nitrogens with two attached hydrogens (primary N) is 1. The highest BCUT2D eigenvalue weighted by Crippen LogP contribution is 2.43. The van der Waals surface area contributed by atoms with E-state index < -0.39 is 0 Å². The Balaban J connectivity index is 1.92. The van der Waals surface area contributed by atoms with Gasteiger partial charge in [0.2, 0.25) is 0 Å². The lowest BCUT2D eigenvalue weighted by Gasteiger charge is -2.42. The van der Waals surface area contributed by atoms with E-state index in [0.29, 0.717) is 5.41 Å². The number of rotatable bonds is 6. The Kier molecular flexibility index (Phi) is 4.12. The van der Waals surface area contributed by atoms with E-state index in [9.17, 15) is 0 Å². The number of methoxy groups -OCH3 is 1. The highest BCUT2D eigenvalue weighted by Gasteiger charge is 2.35. The zero-order chi connectivity index (χ0) is 13.0. The van der Waals surface area contributed by atoms with Crippen molar-refractivity contribution in [3.63, 3.8) is 0 Å². The van der Waals surface area contributed by atoms with Gasteiger partial charge >= 0.3 is 0 Å². The number of nitrogens with zero attached hydrogens (tertiary/aromatic N) is 1. The molecule has 0 amide bonds. The molecule has 1 aromatic carbocycles. The fourth-order valence-electron chi connectivity index (χ4n) is 2.61. The number of ether oxygens (including phenoxy) is 1. The summed E-state index contributed by atoms with van der Waals surface area (Å²) >= 11 is 0. The van der Waals surface area contributed by atoms with Gasteiger partial charge in [-0.25, -0.2) is 0 Å². The summed E-state index contributed by atoms with van der Waals surface area (Å²) in [5.41, 5.74) is 7.53. The maximum Gasteiger partial charge on any atom is 0.120 e. The average molecular weight is 248 g/mol. The largest absolute Gasteiger partial charge is 0.497 e. The lowest BCUT2D eigenvalue weighted by atomic mass is 9.66. The molecule has 1 aromatic rings. The highest BCUT2D eigenvalue weighted by atomic mass is 16.5. The third-order valence-electron chi connectivity index (χ3n) is 4.32. The molecule has 0 atom stereocenters. The molecule has 100 valence electrons. The molecule has 1 aliphatic rings. The molecule has 0 aliphatic heterocycles. The summed E-state index contributed by atoms with van der Waals surface area (Å²) in [7, 11) is 3.84. The minimum Gasteiger partial charge on any atom is -0.497 e. The first-order valence-electron chi connectivity index (χ1n) is 6.74. The normalized spacial score (nSPS) is 17.1. The fourth-order valence-corrected chi connectivity index (χ4v) is 2.61. The second kappa shape index (κ2) is 5.61. The van der Waals surface area contributed by atoms with Gasteiger partial charge in [0.05, 0.1) is 7.11 Å². The van der Waals surface area contributed by atoms with Crippen LogP contribution in [0.4, 0.5) is 5.69 Å². The van der Waals surface area contributed by atoms with Crippen LogP contribution in [0.5, 0.6) is 5.75 Å². The molecule has 0 heterocycles. The topological polar surface area (TPSA) is 38.5 Å². The van der Waals surface area contributed by atoms with Crippen LogP contribution >= 0.6 is 0 Å². The monoisotopic (exact) mass is 248 g/mol. The molecule has 0 radical (unpaired) electrons. The van der Waals surface area contributed by atoms with Crippen molar-refractivity contribution in [1.82, 2.24) is 0 Å². The van der Waals surface area contributed by atoms with Crippen LogP contribution in [0.15, 0.2) is 24.3 Å². The van der Waals surface area contributed by atoms with Crippen molar-refractivity contribution < 1.29 is 4.74 Å². The highest BCUT2D eigenvalue weighted by molar-refractivity contribution is 5.50. The Hall–Kier alpha value is -1.22. The number of hydrogen-bond donors (Lipinski definition) is 1. The summed E-state index contributed by atoms with van der Waals surface area (Å²) in [6.45, 7) is 1.89. The van der Waals surface area contributed by atoms with Gasteiger partial charge in [-0.15, -0.1) is 0 Å². The fraction of sp³-hybridized carbons (Fsp3) is 0.600. The summed E-state index contributed by atoms with van der Waals surface area (Å²) in [6, 6.07) is 8.21. The average Bonchev–Trinajstić information content (AvgIpc) is 2.38.